The first-order valence-electron chi connectivity index (χ1n) is 12.0. The number of carbonyl (C=O) groups excluding carboxylic acids is 1. The summed E-state index contributed by atoms with van der Waals surface area (Å²) < 4.78 is 0. The third kappa shape index (κ3) is 9.25. The molecule has 2 heteroatoms. The summed E-state index contributed by atoms with van der Waals surface area (Å²) in [4.78, 5) is 12.1. The summed E-state index contributed by atoms with van der Waals surface area (Å²) in [5.74, 6) is 1.71. The van der Waals surface area contributed by atoms with Gasteiger partial charge in [0, 0.05) is 5.92 Å². The molecule has 26 heavy (non-hydrogen) atoms. The van der Waals surface area contributed by atoms with E-state index < -0.39 is 0 Å². The van der Waals surface area contributed by atoms with Crippen molar-refractivity contribution in [3.63, 3.8) is 0 Å². The van der Waals surface area contributed by atoms with Gasteiger partial charge in [-0.2, -0.15) is 0 Å². The van der Waals surface area contributed by atoms with Gasteiger partial charge in [0.15, 0.2) is 0 Å². The minimum atomic E-state index is -0.0521. The standard InChI is InChI=1S/C24H43ClO/c25-24(26)23-19-15-11-7-3-6-10-14-18-22(20-23)21-16-12-8-4-1-2-5-9-13-17-21/h21-23H,1-20H2. The summed E-state index contributed by atoms with van der Waals surface area (Å²) in [7, 11) is 0. The highest BCUT2D eigenvalue weighted by molar-refractivity contribution is 6.63. The smallest absolute Gasteiger partial charge is 0.224 e. The van der Waals surface area contributed by atoms with Crippen LogP contribution in [0.4, 0.5) is 0 Å². The molecular formula is C24H43ClO. The Kier molecular flexibility index (Phi) is 12.0. The molecule has 0 heterocycles. The molecule has 2 fully saturated rings. The molecular weight excluding hydrogens is 340 g/mol. The number of hydrogen-bond acceptors (Lipinski definition) is 1. The molecule has 0 amide bonds. The van der Waals surface area contributed by atoms with Gasteiger partial charge in [-0.05, 0) is 36.3 Å². The largest absolute Gasteiger partial charge is 0.281 e. The van der Waals surface area contributed by atoms with Crippen LogP contribution in [0, 0.1) is 17.8 Å². The molecule has 1 nitrogen and oxygen atoms in total. The molecule has 0 bridgehead atoms. The minimum absolute atomic E-state index is 0.0521. The molecule has 0 spiro atoms. The van der Waals surface area contributed by atoms with Crippen LogP contribution in [0.5, 0.6) is 0 Å². The molecule has 0 aliphatic heterocycles. The summed E-state index contributed by atoms with van der Waals surface area (Å²) in [5, 5.41) is -0.0521. The van der Waals surface area contributed by atoms with E-state index >= 15 is 0 Å². The highest BCUT2D eigenvalue weighted by Crippen LogP contribution is 2.36. The molecule has 0 N–H and O–H groups in total. The maximum absolute atomic E-state index is 12.1. The van der Waals surface area contributed by atoms with E-state index in [0.717, 1.165) is 24.7 Å². The Morgan fingerprint density at radius 2 is 0.846 bits per heavy atom. The van der Waals surface area contributed by atoms with Gasteiger partial charge >= 0.3 is 0 Å². The SMILES string of the molecule is O=C(Cl)C1CCCCCCCCCC(C2CCCCCCCCCC2)C1. The Labute approximate surface area is 168 Å². The predicted molar refractivity (Wildman–Crippen MR) is 114 cm³/mol. The van der Waals surface area contributed by atoms with Gasteiger partial charge < -0.3 is 0 Å². The average molecular weight is 383 g/mol. The van der Waals surface area contributed by atoms with Crippen LogP contribution in [-0.4, -0.2) is 5.24 Å². The Morgan fingerprint density at radius 3 is 1.27 bits per heavy atom. The lowest BCUT2D eigenvalue weighted by Crippen LogP contribution is -2.22. The maximum Gasteiger partial charge on any atom is 0.224 e. The van der Waals surface area contributed by atoms with Gasteiger partial charge in [-0.3, -0.25) is 4.79 Å². The minimum Gasteiger partial charge on any atom is -0.281 e. The van der Waals surface area contributed by atoms with Gasteiger partial charge in [-0.25, -0.2) is 0 Å². The lowest BCUT2D eigenvalue weighted by atomic mass is 9.75. The fourth-order valence-electron chi connectivity index (χ4n) is 5.41. The maximum atomic E-state index is 12.1. The molecule has 0 aromatic carbocycles. The zero-order valence-corrected chi connectivity index (χ0v) is 17.9. The number of halogens is 1. The number of hydrogen-bond donors (Lipinski definition) is 0. The van der Waals surface area contributed by atoms with Crippen LogP contribution in [-0.2, 0) is 4.79 Å². The van der Waals surface area contributed by atoms with E-state index in [1.807, 2.05) is 0 Å². The van der Waals surface area contributed by atoms with E-state index in [1.165, 1.54) is 116 Å². The van der Waals surface area contributed by atoms with Gasteiger partial charge in [0.25, 0.3) is 0 Å². The van der Waals surface area contributed by atoms with Crippen molar-refractivity contribution in [3.8, 4) is 0 Å². The summed E-state index contributed by atoms with van der Waals surface area (Å²) in [6.07, 6.45) is 27.0. The molecule has 0 radical (unpaired) electrons. The molecule has 2 rings (SSSR count). The fourth-order valence-corrected chi connectivity index (χ4v) is 5.60. The molecule has 0 aromatic rings. The summed E-state index contributed by atoms with van der Waals surface area (Å²) >= 11 is 6.04. The van der Waals surface area contributed by atoms with E-state index in [2.05, 4.69) is 0 Å². The van der Waals surface area contributed by atoms with Crippen LogP contribution in [0.25, 0.3) is 0 Å². The van der Waals surface area contributed by atoms with Gasteiger partial charge in [0.2, 0.25) is 5.24 Å². The molecule has 152 valence electrons. The molecule has 2 aliphatic carbocycles. The average Bonchev–Trinajstić information content (AvgIpc) is 2.67. The zero-order chi connectivity index (χ0) is 18.5. The van der Waals surface area contributed by atoms with E-state index in [0.29, 0.717) is 0 Å². The van der Waals surface area contributed by atoms with Gasteiger partial charge in [0.05, 0.1) is 0 Å². The lowest BCUT2D eigenvalue weighted by molar-refractivity contribution is -0.116. The van der Waals surface area contributed by atoms with E-state index in [4.69, 9.17) is 11.6 Å². The second kappa shape index (κ2) is 14.0. The van der Waals surface area contributed by atoms with E-state index in [1.54, 1.807) is 0 Å². The van der Waals surface area contributed by atoms with Gasteiger partial charge in [-0.1, -0.05) is 116 Å². The van der Waals surface area contributed by atoms with Crippen molar-refractivity contribution < 1.29 is 4.79 Å². The summed E-state index contributed by atoms with van der Waals surface area (Å²) in [6.45, 7) is 0. The predicted octanol–water partition coefficient (Wildman–Crippen LogP) is 8.43. The zero-order valence-electron chi connectivity index (χ0n) is 17.2. The van der Waals surface area contributed by atoms with Crippen LogP contribution in [0.3, 0.4) is 0 Å². The Morgan fingerprint density at radius 1 is 0.500 bits per heavy atom. The summed E-state index contributed by atoms with van der Waals surface area (Å²) in [5.41, 5.74) is 0. The third-order valence-electron chi connectivity index (χ3n) is 7.10. The fraction of sp³-hybridized carbons (Fsp3) is 0.958. The van der Waals surface area contributed by atoms with Crippen LogP contribution in [0.2, 0.25) is 0 Å². The van der Waals surface area contributed by atoms with Crippen molar-refractivity contribution in [2.45, 2.75) is 128 Å². The highest BCUT2D eigenvalue weighted by Gasteiger charge is 2.27. The normalized spacial score (nSPS) is 29.7. The second-order valence-electron chi connectivity index (χ2n) is 9.21. The van der Waals surface area contributed by atoms with Crippen LogP contribution >= 0.6 is 11.6 Å². The topological polar surface area (TPSA) is 17.1 Å². The Balaban J connectivity index is 1.99. The van der Waals surface area contributed by atoms with E-state index in [-0.39, 0.29) is 11.2 Å². The summed E-state index contributed by atoms with van der Waals surface area (Å²) in [6, 6.07) is 0. The lowest BCUT2D eigenvalue weighted by Gasteiger charge is -2.30. The van der Waals surface area contributed by atoms with Crippen LogP contribution in [0.1, 0.15) is 128 Å². The van der Waals surface area contributed by atoms with Crippen molar-refractivity contribution in [1.29, 1.82) is 0 Å². The Hall–Kier alpha value is -0.0400. The second-order valence-corrected chi connectivity index (χ2v) is 9.59. The monoisotopic (exact) mass is 382 g/mol. The number of carbonyl (C=O) groups is 1. The van der Waals surface area contributed by atoms with Crippen LogP contribution < -0.4 is 0 Å². The highest BCUT2D eigenvalue weighted by atomic mass is 35.5. The van der Waals surface area contributed by atoms with E-state index in [9.17, 15) is 4.79 Å². The molecule has 2 aliphatic rings. The van der Waals surface area contributed by atoms with Crippen molar-refractivity contribution in [3.05, 3.63) is 0 Å². The molecule has 0 saturated heterocycles. The van der Waals surface area contributed by atoms with Crippen molar-refractivity contribution >= 4 is 16.8 Å². The molecule has 2 atom stereocenters. The number of rotatable bonds is 2. The molecule has 0 aromatic heterocycles. The molecule has 2 saturated carbocycles. The van der Waals surface area contributed by atoms with Gasteiger partial charge in [0.1, 0.15) is 0 Å². The van der Waals surface area contributed by atoms with Crippen LogP contribution in [0.15, 0.2) is 0 Å². The van der Waals surface area contributed by atoms with Crippen molar-refractivity contribution in [2.24, 2.45) is 17.8 Å². The van der Waals surface area contributed by atoms with Crippen molar-refractivity contribution in [2.75, 3.05) is 0 Å². The first kappa shape index (κ1) is 22.3. The quantitative estimate of drug-likeness (QED) is 0.438. The Bertz CT molecular complexity index is 355. The van der Waals surface area contributed by atoms with Crippen molar-refractivity contribution in [1.82, 2.24) is 0 Å². The van der Waals surface area contributed by atoms with Gasteiger partial charge in [-0.15, -0.1) is 0 Å². The third-order valence-corrected chi connectivity index (χ3v) is 7.41. The molecule has 2 unspecified atom stereocenters. The first-order valence-corrected chi connectivity index (χ1v) is 12.3. The first-order chi connectivity index (χ1) is 12.8.